The Labute approximate surface area is 113 Å². The lowest BCUT2D eigenvalue weighted by Gasteiger charge is -2.41. The molecule has 0 bridgehead atoms. The molecule has 0 saturated carbocycles. The molecule has 2 rings (SSSR count). The lowest BCUT2D eigenvalue weighted by Crippen LogP contribution is -2.57. The normalized spacial score (nSPS) is 23.1. The highest BCUT2D eigenvalue weighted by atomic mass is 16.4. The molecule has 1 saturated heterocycles. The molecule has 4 heteroatoms. The van der Waals surface area contributed by atoms with Gasteiger partial charge in [0.15, 0.2) is 0 Å². The predicted octanol–water partition coefficient (Wildman–Crippen LogP) is 2.08. The molecule has 1 atom stereocenters. The summed E-state index contributed by atoms with van der Waals surface area (Å²) in [4.78, 5) is 25.3. The van der Waals surface area contributed by atoms with Gasteiger partial charge in [0.25, 0.3) is 0 Å². The number of carbonyl (C=O) groups is 2. The minimum atomic E-state index is -1.05. The van der Waals surface area contributed by atoms with Crippen molar-refractivity contribution in [2.45, 2.75) is 38.1 Å². The second-order valence-electron chi connectivity index (χ2n) is 5.24. The maximum absolute atomic E-state index is 12.4. The zero-order valence-electron chi connectivity index (χ0n) is 11.1. The van der Waals surface area contributed by atoms with E-state index in [1.54, 1.807) is 6.92 Å². The van der Waals surface area contributed by atoms with E-state index in [4.69, 9.17) is 0 Å². The van der Waals surface area contributed by atoms with Crippen molar-refractivity contribution in [3.63, 3.8) is 0 Å². The third-order valence-electron chi connectivity index (χ3n) is 3.85. The van der Waals surface area contributed by atoms with Crippen LogP contribution in [-0.2, 0) is 16.0 Å². The quantitative estimate of drug-likeness (QED) is 0.906. The summed E-state index contributed by atoms with van der Waals surface area (Å²) < 4.78 is 0. The Hall–Kier alpha value is -1.84. The molecule has 19 heavy (non-hydrogen) atoms. The molecule has 1 N–H and O–H groups in total. The minimum Gasteiger partial charge on any atom is -0.480 e. The van der Waals surface area contributed by atoms with Crippen LogP contribution in [0.2, 0.25) is 0 Å². The van der Waals surface area contributed by atoms with E-state index in [1.807, 2.05) is 30.3 Å². The fourth-order valence-corrected chi connectivity index (χ4v) is 2.61. The fraction of sp³-hybridized carbons (Fsp3) is 0.467. The Kier molecular flexibility index (Phi) is 3.88. The number of rotatable bonds is 3. The standard InChI is InChI=1S/C15H19NO3/c1-15(14(18)19)9-5-6-10-16(15)13(17)11-12-7-3-2-4-8-12/h2-4,7-8H,5-6,9-11H2,1H3,(H,18,19). The van der Waals surface area contributed by atoms with E-state index in [0.29, 0.717) is 13.0 Å². The van der Waals surface area contributed by atoms with Crippen LogP contribution in [0.15, 0.2) is 30.3 Å². The first-order valence-electron chi connectivity index (χ1n) is 6.62. The van der Waals surface area contributed by atoms with Crippen molar-refractivity contribution in [3.8, 4) is 0 Å². The maximum Gasteiger partial charge on any atom is 0.329 e. The predicted molar refractivity (Wildman–Crippen MR) is 71.8 cm³/mol. The Balaban J connectivity index is 2.14. The molecule has 1 amide bonds. The van der Waals surface area contributed by atoms with E-state index in [0.717, 1.165) is 18.4 Å². The Morgan fingerprint density at radius 2 is 1.95 bits per heavy atom. The Morgan fingerprint density at radius 3 is 2.58 bits per heavy atom. The molecular formula is C15H19NO3. The molecule has 0 aliphatic carbocycles. The Morgan fingerprint density at radius 1 is 1.26 bits per heavy atom. The zero-order valence-corrected chi connectivity index (χ0v) is 11.1. The highest BCUT2D eigenvalue weighted by Gasteiger charge is 2.43. The Bertz CT molecular complexity index is 472. The first kappa shape index (κ1) is 13.6. The van der Waals surface area contributed by atoms with Gasteiger partial charge in [-0.2, -0.15) is 0 Å². The maximum atomic E-state index is 12.4. The van der Waals surface area contributed by atoms with Crippen molar-refractivity contribution in [1.29, 1.82) is 0 Å². The summed E-state index contributed by atoms with van der Waals surface area (Å²) in [6.07, 6.45) is 2.54. The van der Waals surface area contributed by atoms with Gasteiger partial charge in [0.2, 0.25) is 5.91 Å². The lowest BCUT2D eigenvalue weighted by molar-refractivity contribution is -0.160. The number of hydrogen-bond donors (Lipinski definition) is 1. The fourth-order valence-electron chi connectivity index (χ4n) is 2.61. The summed E-state index contributed by atoms with van der Waals surface area (Å²) in [5.74, 6) is -1.01. The summed E-state index contributed by atoms with van der Waals surface area (Å²) in [7, 11) is 0. The number of likely N-dealkylation sites (tertiary alicyclic amines) is 1. The topological polar surface area (TPSA) is 57.6 Å². The van der Waals surface area contributed by atoms with E-state index >= 15 is 0 Å². The highest BCUT2D eigenvalue weighted by molar-refractivity contribution is 5.88. The van der Waals surface area contributed by atoms with Crippen LogP contribution in [0, 0.1) is 0 Å². The van der Waals surface area contributed by atoms with E-state index in [1.165, 1.54) is 4.90 Å². The SMILES string of the molecule is CC1(C(=O)O)CCCCN1C(=O)Cc1ccccc1. The van der Waals surface area contributed by atoms with Crippen LogP contribution in [0.3, 0.4) is 0 Å². The van der Waals surface area contributed by atoms with Crippen molar-refractivity contribution < 1.29 is 14.7 Å². The second-order valence-corrected chi connectivity index (χ2v) is 5.24. The first-order valence-corrected chi connectivity index (χ1v) is 6.62. The number of hydrogen-bond acceptors (Lipinski definition) is 2. The summed E-state index contributed by atoms with van der Waals surface area (Å²) in [5.41, 5.74) is -0.129. The summed E-state index contributed by atoms with van der Waals surface area (Å²) >= 11 is 0. The highest BCUT2D eigenvalue weighted by Crippen LogP contribution is 2.28. The van der Waals surface area contributed by atoms with Gasteiger partial charge in [-0.25, -0.2) is 4.79 Å². The smallest absolute Gasteiger partial charge is 0.329 e. The molecule has 1 aromatic carbocycles. The molecule has 1 unspecified atom stereocenters. The number of aliphatic carboxylic acids is 1. The molecule has 0 aromatic heterocycles. The van der Waals surface area contributed by atoms with Crippen LogP contribution in [-0.4, -0.2) is 34.0 Å². The van der Waals surface area contributed by atoms with Crippen LogP contribution < -0.4 is 0 Å². The number of piperidine rings is 1. The van der Waals surface area contributed by atoms with Gasteiger partial charge >= 0.3 is 5.97 Å². The van der Waals surface area contributed by atoms with Crippen LogP contribution >= 0.6 is 0 Å². The molecule has 4 nitrogen and oxygen atoms in total. The number of amides is 1. The van der Waals surface area contributed by atoms with Gasteiger partial charge in [-0.3, -0.25) is 4.79 Å². The van der Waals surface area contributed by atoms with Gasteiger partial charge < -0.3 is 10.0 Å². The van der Waals surface area contributed by atoms with Crippen molar-refractivity contribution in [2.24, 2.45) is 0 Å². The molecule has 0 radical (unpaired) electrons. The van der Waals surface area contributed by atoms with Crippen molar-refractivity contribution >= 4 is 11.9 Å². The van der Waals surface area contributed by atoms with Gasteiger partial charge in [-0.15, -0.1) is 0 Å². The lowest BCUT2D eigenvalue weighted by atomic mass is 9.88. The van der Waals surface area contributed by atoms with E-state index in [2.05, 4.69) is 0 Å². The van der Waals surface area contributed by atoms with E-state index < -0.39 is 11.5 Å². The van der Waals surface area contributed by atoms with Crippen LogP contribution in [0.1, 0.15) is 31.7 Å². The third kappa shape index (κ3) is 2.78. The van der Waals surface area contributed by atoms with Crippen molar-refractivity contribution in [3.05, 3.63) is 35.9 Å². The number of carboxylic acids is 1. The van der Waals surface area contributed by atoms with Crippen molar-refractivity contribution in [2.75, 3.05) is 6.54 Å². The zero-order chi connectivity index (χ0) is 13.9. The minimum absolute atomic E-state index is 0.101. The van der Waals surface area contributed by atoms with Gasteiger partial charge in [-0.05, 0) is 31.7 Å². The molecular weight excluding hydrogens is 242 g/mol. The molecule has 1 aliphatic rings. The van der Waals surface area contributed by atoms with Crippen LogP contribution in [0.25, 0.3) is 0 Å². The number of nitrogens with zero attached hydrogens (tertiary/aromatic N) is 1. The van der Waals surface area contributed by atoms with E-state index in [-0.39, 0.29) is 12.3 Å². The summed E-state index contributed by atoms with van der Waals surface area (Å²) in [5, 5.41) is 9.39. The molecule has 1 heterocycles. The average Bonchev–Trinajstić information content (AvgIpc) is 2.40. The van der Waals surface area contributed by atoms with Gasteiger partial charge in [-0.1, -0.05) is 30.3 Å². The average molecular weight is 261 g/mol. The van der Waals surface area contributed by atoms with Crippen LogP contribution in [0.5, 0.6) is 0 Å². The molecule has 1 aromatic rings. The second kappa shape index (κ2) is 5.43. The molecule has 0 spiro atoms. The molecule has 102 valence electrons. The van der Waals surface area contributed by atoms with Crippen LogP contribution in [0.4, 0.5) is 0 Å². The van der Waals surface area contributed by atoms with E-state index in [9.17, 15) is 14.7 Å². The number of benzene rings is 1. The van der Waals surface area contributed by atoms with Crippen molar-refractivity contribution in [1.82, 2.24) is 4.90 Å². The number of carboxylic acid groups (broad SMARTS) is 1. The largest absolute Gasteiger partial charge is 0.480 e. The number of carbonyl (C=O) groups excluding carboxylic acids is 1. The monoisotopic (exact) mass is 261 g/mol. The van der Waals surface area contributed by atoms with Gasteiger partial charge in [0.1, 0.15) is 5.54 Å². The third-order valence-corrected chi connectivity index (χ3v) is 3.85. The first-order chi connectivity index (χ1) is 9.04. The molecule has 1 aliphatic heterocycles. The van der Waals surface area contributed by atoms with Gasteiger partial charge in [0, 0.05) is 6.54 Å². The summed E-state index contributed by atoms with van der Waals surface area (Å²) in [6.45, 7) is 2.19. The molecule has 1 fully saturated rings. The summed E-state index contributed by atoms with van der Waals surface area (Å²) in [6, 6.07) is 9.45. The van der Waals surface area contributed by atoms with Gasteiger partial charge in [0.05, 0.1) is 6.42 Å².